The molecule has 2 nitrogen and oxygen atoms in total. The molecule has 39 heavy (non-hydrogen) atoms. The third-order valence-electron chi connectivity index (χ3n) is 7.94. The van der Waals surface area contributed by atoms with Gasteiger partial charge in [0.25, 0.3) is 0 Å². The first kappa shape index (κ1) is 31.4. The standard InChI is InChI=1S/C32H43F5O2/c1-3-4-5-6-7-8-9-10-11-25-12-14-27(15-13-25)28-16-20-29(21-17-28)31(33,34)38-24(2)26-18-22-30(23-19-26)39-32(35,36)37/h16-25,27H,3-15H2,1-2H3. The predicted octanol–water partition coefficient (Wildman–Crippen LogP) is 11.2. The maximum absolute atomic E-state index is 14.9. The first-order valence-electron chi connectivity index (χ1n) is 14.6. The molecule has 0 amide bonds. The normalized spacial score (nSPS) is 19.2. The van der Waals surface area contributed by atoms with Crippen molar-refractivity contribution in [1.29, 1.82) is 0 Å². The van der Waals surface area contributed by atoms with E-state index in [1.54, 1.807) is 12.1 Å². The summed E-state index contributed by atoms with van der Waals surface area (Å²) in [5.41, 5.74) is 1.18. The maximum Gasteiger partial charge on any atom is 0.573 e. The molecule has 1 unspecified atom stereocenters. The monoisotopic (exact) mass is 554 g/mol. The predicted molar refractivity (Wildman–Crippen MR) is 145 cm³/mol. The summed E-state index contributed by atoms with van der Waals surface area (Å²) in [5.74, 6) is 0.775. The van der Waals surface area contributed by atoms with Gasteiger partial charge in [-0.2, -0.15) is 8.78 Å². The van der Waals surface area contributed by atoms with E-state index in [0.717, 1.165) is 36.5 Å². The molecule has 7 heteroatoms. The lowest BCUT2D eigenvalue weighted by molar-refractivity contribution is -0.274. The second kappa shape index (κ2) is 15.0. The van der Waals surface area contributed by atoms with Gasteiger partial charge in [0.05, 0.1) is 11.7 Å². The van der Waals surface area contributed by atoms with Crippen LogP contribution >= 0.6 is 0 Å². The summed E-state index contributed by atoms with van der Waals surface area (Å²) >= 11 is 0. The van der Waals surface area contributed by atoms with Crippen LogP contribution in [0, 0.1) is 5.92 Å². The Balaban J connectivity index is 1.42. The average molecular weight is 555 g/mol. The molecule has 3 rings (SSSR count). The van der Waals surface area contributed by atoms with Gasteiger partial charge >= 0.3 is 12.5 Å². The van der Waals surface area contributed by atoms with E-state index in [1.165, 1.54) is 102 Å². The van der Waals surface area contributed by atoms with Gasteiger partial charge in [0.1, 0.15) is 5.75 Å². The van der Waals surface area contributed by atoms with Crippen LogP contribution in [0.2, 0.25) is 0 Å². The Kier molecular flexibility index (Phi) is 12.1. The van der Waals surface area contributed by atoms with E-state index in [2.05, 4.69) is 11.7 Å². The SMILES string of the molecule is CCCCCCCCCCC1CCC(c2ccc(C(F)(F)OC(C)c3ccc(OC(F)(F)F)cc3)cc2)CC1. The molecule has 0 N–H and O–H groups in total. The van der Waals surface area contributed by atoms with Crippen molar-refractivity contribution in [3.8, 4) is 5.75 Å². The highest BCUT2D eigenvalue weighted by atomic mass is 19.4. The average Bonchev–Trinajstić information content (AvgIpc) is 2.90. The second-order valence-corrected chi connectivity index (χ2v) is 11.0. The minimum atomic E-state index is -4.81. The first-order chi connectivity index (χ1) is 18.6. The quantitative estimate of drug-likeness (QED) is 0.161. The van der Waals surface area contributed by atoms with Crippen molar-refractivity contribution >= 4 is 0 Å². The number of benzene rings is 2. The van der Waals surface area contributed by atoms with E-state index in [4.69, 9.17) is 4.74 Å². The fourth-order valence-corrected chi connectivity index (χ4v) is 5.60. The van der Waals surface area contributed by atoms with Crippen LogP contribution in [0.25, 0.3) is 0 Å². The van der Waals surface area contributed by atoms with Gasteiger partial charge in [-0.3, -0.25) is 0 Å². The fraction of sp³-hybridized carbons (Fsp3) is 0.625. The lowest BCUT2D eigenvalue weighted by Gasteiger charge is -2.29. The zero-order valence-corrected chi connectivity index (χ0v) is 23.2. The topological polar surface area (TPSA) is 18.5 Å². The van der Waals surface area contributed by atoms with E-state index < -0.39 is 24.3 Å². The summed E-state index contributed by atoms with van der Waals surface area (Å²) in [5, 5.41) is 0. The minimum Gasteiger partial charge on any atom is -0.406 e. The molecule has 0 aliphatic heterocycles. The number of rotatable bonds is 15. The lowest BCUT2D eigenvalue weighted by Crippen LogP contribution is -2.21. The molecule has 0 spiro atoms. The molecule has 0 aromatic heterocycles. The van der Waals surface area contributed by atoms with Crippen LogP contribution in [-0.2, 0) is 10.8 Å². The molecule has 0 radical (unpaired) electrons. The van der Waals surface area contributed by atoms with E-state index in [9.17, 15) is 22.0 Å². The van der Waals surface area contributed by atoms with Gasteiger partial charge in [0, 0.05) is 0 Å². The summed E-state index contributed by atoms with van der Waals surface area (Å²) < 4.78 is 75.6. The highest BCUT2D eigenvalue weighted by molar-refractivity contribution is 5.30. The van der Waals surface area contributed by atoms with Crippen molar-refractivity contribution in [2.45, 2.75) is 122 Å². The van der Waals surface area contributed by atoms with Crippen molar-refractivity contribution in [3.63, 3.8) is 0 Å². The van der Waals surface area contributed by atoms with Crippen molar-refractivity contribution < 1.29 is 31.4 Å². The van der Waals surface area contributed by atoms with Crippen LogP contribution in [-0.4, -0.2) is 6.36 Å². The van der Waals surface area contributed by atoms with Crippen molar-refractivity contribution in [2.24, 2.45) is 5.92 Å². The van der Waals surface area contributed by atoms with Gasteiger partial charge < -0.3 is 9.47 Å². The molecule has 1 saturated carbocycles. The Morgan fingerprint density at radius 1 is 0.744 bits per heavy atom. The zero-order valence-electron chi connectivity index (χ0n) is 23.2. The number of halogens is 5. The summed E-state index contributed by atoms with van der Waals surface area (Å²) in [6, 6.07) is 11.2. The van der Waals surface area contributed by atoms with Gasteiger partial charge in [-0.15, -0.1) is 13.2 Å². The van der Waals surface area contributed by atoms with Crippen molar-refractivity contribution in [3.05, 3.63) is 65.2 Å². The molecular formula is C32H43F5O2. The smallest absolute Gasteiger partial charge is 0.406 e. The molecule has 1 atom stereocenters. The van der Waals surface area contributed by atoms with E-state index >= 15 is 0 Å². The lowest BCUT2D eigenvalue weighted by atomic mass is 9.77. The van der Waals surface area contributed by atoms with Crippen LogP contribution in [0.15, 0.2) is 48.5 Å². The first-order valence-corrected chi connectivity index (χ1v) is 14.6. The molecule has 2 aromatic rings. The van der Waals surface area contributed by atoms with E-state index in [-0.39, 0.29) is 5.56 Å². The van der Waals surface area contributed by atoms with Crippen LogP contribution in [0.5, 0.6) is 5.75 Å². The molecular weight excluding hydrogens is 511 g/mol. The molecule has 0 saturated heterocycles. The molecule has 0 heterocycles. The Morgan fingerprint density at radius 3 is 1.87 bits per heavy atom. The molecule has 1 aliphatic rings. The minimum absolute atomic E-state index is 0.237. The summed E-state index contributed by atoms with van der Waals surface area (Å²) in [4.78, 5) is 0. The molecule has 0 bridgehead atoms. The Labute approximate surface area is 230 Å². The fourth-order valence-electron chi connectivity index (χ4n) is 5.60. The number of hydrogen-bond donors (Lipinski definition) is 0. The van der Waals surface area contributed by atoms with Gasteiger partial charge in [-0.1, -0.05) is 101 Å². The maximum atomic E-state index is 14.9. The van der Waals surface area contributed by atoms with Crippen LogP contribution < -0.4 is 4.74 Å². The van der Waals surface area contributed by atoms with Gasteiger partial charge in [-0.05, 0) is 67.7 Å². The van der Waals surface area contributed by atoms with Gasteiger partial charge in [0.15, 0.2) is 0 Å². The highest BCUT2D eigenvalue weighted by Gasteiger charge is 2.36. The third kappa shape index (κ3) is 10.7. The zero-order chi connectivity index (χ0) is 28.3. The highest BCUT2D eigenvalue weighted by Crippen LogP contribution is 2.40. The Bertz CT molecular complexity index is 948. The Morgan fingerprint density at radius 2 is 1.31 bits per heavy atom. The number of unbranched alkanes of at least 4 members (excludes halogenated alkanes) is 7. The molecule has 218 valence electrons. The summed E-state index contributed by atoms with van der Waals surface area (Å²) in [7, 11) is 0. The molecule has 1 fully saturated rings. The van der Waals surface area contributed by atoms with E-state index in [1.807, 2.05) is 0 Å². The largest absolute Gasteiger partial charge is 0.573 e. The van der Waals surface area contributed by atoms with Gasteiger partial charge in [-0.25, -0.2) is 0 Å². The van der Waals surface area contributed by atoms with E-state index in [0.29, 0.717) is 11.5 Å². The summed E-state index contributed by atoms with van der Waals surface area (Å²) in [6.45, 7) is 3.68. The van der Waals surface area contributed by atoms with Crippen LogP contribution in [0.4, 0.5) is 22.0 Å². The van der Waals surface area contributed by atoms with Gasteiger partial charge in [0.2, 0.25) is 0 Å². The summed E-state index contributed by atoms with van der Waals surface area (Å²) in [6.07, 6.45) is 7.26. The van der Waals surface area contributed by atoms with Crippen molar-refractivity contribution in [1.82, 2.24) is 0 Å². The second-order valence-electron chi connectivity index (χ2n) is 11.0. The molecule has 1 aliphatic carbocycles. The Hall–Kier alpha value is -2.15. The number of hydrogen-bond acceptors (Lipinski definition) is 2. The van der Waals surface area contributed by atoms with Crippen molar-refractivity contribution in [2.75, 3.05) is 0 Å². The molecule has 2 aromatic carbocycles. The van der Waals surface area contributed by atoms with Crippen LogP contribution in [0.1, 0.15) is 126 Å². The third-order valence-corrected chi connectivity index (χ3v) is 7.94. The number of ether oxygens (including phenoxy) is 2. The number of alkyl halides is 5. The van der Waals surface area contributed by atoms with Crippen LogP contribution in [0.3, 0.4) is 0 Å².